The van der Waals surface area contributed by atoms with Gasteiger partial charge in [-0.1, -0.05) is 12.1 Å². The van der Waals surface area contributed by atoms with E-state index in [-0.39, 0.29) is 6.61 Å². The van der Waals surface area contributed by atoms with Crippen molar-refractivity contribution < 1.29 is 9.90 Å². The molecule has 0 bridgehead atoms. The summed E-state index contributed by atoms with van der Waals surface area (Å²) in [6.07, 6.45) is 6.48. The molecule has 2 N–H and O–H groups in total. The summed E-state index contributed by atoms with van der Waals surface area (Å²) in [4.78, 5) is 13.5. The van der Waals surface area contributed by atoms with E-state index in [0.29, 0.717) is 5.01 Å². The number of aliphatic hydroxyl groups excluding tert-OH is 1. The summed E-state index contributed by atoms with van der Waals surface area (Å²) in [6.45, 7) is 4.03. The number of carbonyl (C=O) groups is 1. The van der Waals surface area contributed by atoms with Crippen LogP contribution in [0.1, 0.15) is 22.3 Å². The zero-order valence-corrected chi connectivity index (χ0v) is 15.0. The van der Waals surface area contributed by atoms with Gasteiger partial charge in [-0.25, -0.2) is 4.98 Å². The van der Waals surface area contributed by atoms with Gasteiger partial charge < -0.3 is 15.0 Å². The first-order valence-electron chi connectivity index (χ1n) is 7.52. The molecule has 5 nitrogen and oxygen atoms in total. The number of aromatic nitrogens is 2. The zero-order chi connectivity index (χ0) is 17.8. The molecule has 0 saturated carbocycles. The largest absolute Gasteiger partial charge is 0.397 e. The maximum atomic E-state index is 9.82. The standard InChI is InChI=1S/C12H14N2.C4H3NOS.C2H6O/c1-10-4-3-5-12(8-10)14-7-6-11(9-14)13-2;6-3-4-5-1-2-7-4;1-2-3/h3-9,13H,1-2H3;1-3H;3H,2H2,1H3. The quantitative estimate of drug-likeness (QED) is 0.709. The molecule has 6 heteroatoms. The Morgan fingerprint density at radius 3 is 2.58 bits per heavy atom. The highest BCUT2D eigenvalue weighted by Gasteiger charge is 1.97. The smallest absolute Gasteiger partial charge is 0.178 e. The highest BCUT2D eigenvalue weighted by Crippen LogP contribution is 2.14. The van der Waals surface area contributed by atoms with E-state index in [1.165, 1.54) is 22.6 Å². The number of benzene rings is 1. The van der Waals surface area contributed by atoms with Gasteiger partial charge in [0.15, 0.2) is 11.3 Å². The summed E-state index contributed by atoms with van der Waals surface area (Å²) in [7, 11) is 1.93. The van der Waals surface area contributed by atoms with E-state index >= 15 is 0 Å². The summed E-state index contributed by atoms with van der Waals surface area (Å²) in [5.74, 6) is 0. The van der Waals surface area contributed by atoms with E-state index in [2.05, 4.69) is 64.5 Å². The maximum absolute atomic E-state index is 9.82. The molecule has 0 aliphatic heterocycles. The summed E-state index contributed by atoms with van der Waals surface area (Å²) >= 11 is 1.34. The predicted molar refractivity (Wildman–Crippen MR) is 100 cm³/mol. The molecule has 24 heavy (non-hydrogen) atoms. The van der Waals surface area contributed by atoms with Crippen molar-refractivity contribution in [3.05, 3.63) is 64.9 Å². The van der Waals surface area contributed by atoms with Gasteiger partial charge >= 0.3 is 0 Å². The maximum Gasteiger partial charge on any atom is 0.178 e. The summed E-state index contributed by atoms with van der Waals surface area (Å²) in [5, 5.41) is 13.0. The first-order chi connectivity index (χ1) is 11.6. The number of thiazole rings is 1. The number of hydrogen-bond donors (Lipinski definition) is 2. The monoisotopic (exact) mass is 345 g/mol. The van der Waals surface area contributed by atoms with Crippen molar-refractivity contribution in [1.29, 1.82) is 0 Å². The molecule has 0 saturated heterocycles. The number of aldehydes is 1. The molecule has 0 radical (unpaired) electrons. The highest BCUT2D eigenvalue weighted by atomic mass is 32.1. The van der Waals surface area contributed by atoms with Crippen LogP contribution >= 0.6 is 11.3 Å². The van der Waals surface area contributed by atoms with E-state index in [1.807, 2.05) is 7.05 Å². The molecule has 0 aliphatic carbocycles. The van der Waals surface area contributed by atoms with Crippen LogP contribution in [0.2, 0.25) is 0 Å². The van der Waals surface area contributed by atoms with Crippen LogP contribution in [-0.2, 0) is 0 Å². The molecule has 128 valence electrons. The van der Waals surface area contributed by atoms with Gasteiger partial charge in [-0.15, -0.1) is 11.3 Å². The van der Waals surface area contributed by atoms with Gasteiger partial charge in [-0.05, 0) is 37.6 Å². The second kappa shape index (κ2) is 11.2. The number of nitrogens with zero attached hydrogens (tertiary/aromatic N) is 2. The van der Waals surface area contributed by atoms with Crippen LogP contribution in [0.3, 0.4) is 0 Å². The van der Waals surface area contributed by atoms with E-state index in [4.69, 9.17) is 5.11 Å². The van der Waals surface area contributed by atoms with Crippen LogP contribution in [0.4, 0.5) is 5.69 Å². The Balaban J connectivity index is 0.000000241. The predicted octanol–water partition coefficient (Wildman–Crippen LogP) is 3.78. The van der Waals surface area contributed by atoms with Gasteiger partial charge in [0.05, 0.1) is 5.69 Å². The van der Waals surface area contributed by atoms with Crippen molar-refractivity contribution in [3.8, 4) is 5.69 Å². The molecular formula is C18H23N3O2S. The van der Waals surface area contributed by atoms with Crippen molar-refractivity contribution in [1.82, 2.24) is 9.55 Å². The summed E-state index contributed by atoms with van der Waals surface area (Å²) in [6, 6.07) is 10.5. The first kappa shape index (κ1) is 19.6. The van der Waals surface area contributed by atoms with E-state index in [1.54, 1.807) is 18.5 Å². The fourth-order valence-electron chi connectivity index (χ4n) is 1.79. The molecule has 2 heterocycles. The minimum Gasteiger partial charge on any atom is -0.397 e. The summed E-state index contributed by atoms with van der Waals surface area (Å²) < 4.78 is 2.11. The van der Waals surface area contributed by atoms with Crippen LogP contribution in [0.15, 0.2) is 54.3 Å². The lowest BCUT2D eigenvalue weighted by Crippen LogP contribution is -1.90. The topological polar surface area (TPSA) is 67.2 Å². The van der Waals surface area contributed by atoms with Crippen molar-refractivity contribution >= 4 is 23.3 Å². The minimum absolute atomic E-state index is 0.250. The van der Waals surface area contributed by atoms with Gasteiger partial charge in [-0.2, -0.15) is 0 Å². The lowest BCUT2D eigenvalue weighted by atomic mass is 10.2. The van der Waals surface area contributed by atoms with Crippen LogP contribution in [0.5, 0.6) is 0 Å². The molecule has 0 atom stereocenters. The van der Waals surface area contributed by atoms with Crippen molar-refractivity contribution in [3.63, 3.8) is 0 Å². The van der Waals surface area contributed by atoms with Crippen LogP contribution in [-0.4, -0.2) is 34.6 Å². The highest BCUT2D eigenvalue weighted by molar-refractivity contribution is 7.11. The van der Waals surface area contributed by atoms with E-state index in [0.717, 1.165) is 12.0 Å². The zero-order valence-electron chi connectivity index (χ0n) is 14.1. The fourth-order valence-corrected chi connectivity index (χ4v) is 2.22. The average Bonchev–Trinajstić information content (AvgIpc) is 3.28. The second-order valence-corrected chi connectivity index (χ2v) is 5.63. The third-order valence-electron chi connectivity index (χ3n) is 2.83. The first-order valence-corrected chi connectivity index (χ1v) is 8.40. The molecule has 0 spiro atoms. The third kappa shape index (κ3) is 6.76. The number of rotatable bonds is 3. The van der Waals surface area contributed by atoms with Gasteiger partial charge in [0.25, 0.3) is 0 Å². The molecule has 3 aromatic rings. The Morgan fingerprint density at radius 1 is 1.38 bits per heavy atom. The molecular weight excluding hydrogens is 322 g/mol. The third-order valence-corrected chi connectivity index (χ3v) is 3.53. The Labute approximate surface area is 146 Å². The van der Waals surface area contributed by atoms with Gasteiger partial charge in [0.1, 0.15) is 0 Å². The normalized spacial score (nSPS) is 9.17. The summed E-state index contributed by atoms with van der Waals surface area (Å²) in [5.41, 5.74) is 3.61. The van der Waals surface area contributed by atoms with Gasteiger partial charge in [-0.3, -0.25) is 4.79 Å². The molecule has 0 amide bonds. The molecule has 2 aromatic heterocycles. The molecule has 0 fully saturated rings. The second-order valence-electron chi connectivity index (χ2n) is 4.70. The fraction of sp³-hybridized carbons (Fsp3) is 0.222. The molecule has 0 aliphatic rings. The van der Waals surface area contributed by atoms with Crippen LogP contribution < -0.4 is 5.32 Å². The molecule has 1 aromatic carbocycles. The number of aliphatic hydroxyl groups is 1. The lowest BCUT2D eigenvalue weighted by Gasteiger charge is -2.03. The Hall–Kier alpha value is -2.44. The number of carbonyl (C=O) groups excluding carboxylic acids is 1. The van der Waals surface area contributed by atoms with E-state index < -0.39 is 0 Å². The van der Waals surface area contributed by atoms with E-state index in [9.17, 15) is 4.79 Å². The van der Waals surface area contributed by atoms with Gasteiger partial charge in [0.2, 0.25) is 0 Å². The SMILES string of the molecule is CCO.CNc1ccn(-c2cccc(C)c2)c1.O=Cc1nccs1. The van der Waals surface area contributed by atoms with Crippen molar-refractivity contribution in [2.24, 2.45) is 0 Å². The molecule has 3 rings (SSSR count). The number of hydrogen-bond acceptors (Lipinski definition) is 5. The van der Waals surface area contributed by atoms with Crippen molar-refractivity contribution in [2.45, 2.75) is 13.8 Å². The Bertz CT molecular complexity index is 709. The number of nitrogens with one attached hydrogen (secondary N) is 1. The molecule has 0 unspecified atom stereocenters. The van der Waals surface area contributed by atoms with Crippen LogP contribution in [0, 0.1) is 6.92 Å². The van der Waals surface area contributed by atoms with Crippen LogP contribution in [0.25, 0.3) is 5.69 Å². The minimum atomic E-state index is 0.250. The van der Waals surface area contributed by atoms with Crippen molar-refractivity contribution in [2.75, 3.05) is 19.0 Å². The lowest BCUT2D eigenvalue weighted by molar-refractivity contribution is 0.112. The number of anilines is 1. The number of aryl methyl sites for hydroxylation is 1. The van der Waals surface area contributed by atoms with Gasteiger partial charge in [0, 0.05) is 43.3 Å². The Kier molecular flexibility index (Phi) is 9.11. The Morgan fingerprint density at radius 2 is 2.12 bits per heavy atom. The average molecular weight is 345 g/mol.